The van der Waals surface area contributed by atoms with Gasteiger partial charge >= 0.3 is 0 Å². The SMILES string of the molecule is CN(C)c1cccc(COc2ccc3c(ccn3C(C)(CCc3ccccc3)C(N)=O)c2)c1. The summed E-state index contributed by atoms with van der Waals surface area (Å²) >= 11 is 0. The topological polar surface area (TPSA) is 60.5 Å². The summed E-state index contributed by atoms with van der Waals surface area (Å²) in [6.45, 7) is 2.41. The van der Waals surface area contributed by atoms with E-state index in [1.807, 2.05) is 80.3 Å². The van der Waals surface area contributed by atoms with Crippen LogP contribution in [0.15, 0.2) is 85.1 Å². The van der Waals surface area contributed by atoms with Crippen LogP contribution in [0.2, 0.25) is 0 Å². The number of nitrogens with two attached hydrogens (primary N) is 1. The van der Waals surface area contributed by atoms with Crippen molar-refractivity contribution in [3.05, 3.63) is 96.2 Å². The molecule has 1 unspecified atom stereocenters. The van der Waals surface area contributed by atoms with Gasteiger partial charge < -0.3 is 19.9 Å². The Bertz CT molecular complexity index is 1250. The average Bonchev–Trinajstić information content (AvgIpc) is 3.26. The van der Waals surface area contributed by atoms with E-state index in [2.05, 4.69) is 35.2 Å². The van der Waals surface area contributed by atoms with Gasteiger partial charge in [0.2, 0.25) is 5.91 Å². The first-order valence-corrected chi connectivity index (χ1v) is 11.2. The summed E-state index contributed by atoms with van der Waals surface area (Å²) in [6, 6.07) is 26.5. The highest BCUT2D eigenvalue weighted by Crippen LogP contribution is 2.31. The zero-order chi connectivity index (χ0) is 23.4. The minimum Gasteiger partial charge on any atom is -0.489 e. The number of aromatic nitrogens is 1. The van der Waals surface area contributed by atoms with E-state index < -0.39 is 5.54 Å². The van der Waals surface area contributed by atoms with Gasteiger partial charge in [0.25, 0.3) is 0 Å². The first-order valence-electron chi connectivity index (χ1n) is 11.2. The molecular formula is C28H31N3O2. The molecule has 170 valence electrons. The van der Waals surface area contributed by atoms with Gasteiger partial charge in [-0.05, 0) is 67.3 Å². The number of rotatable bonds is 9. The number of hydrogen-bond donors (Lipinski definition) is 1. The van der Waals surface area contributed by atoms with E-state index in [0.717, 1.165) is 34.3 Å². The molecule has 1 heterocycles. The summed E-state index contributed by atoms with van der Waals surface area (Å²) in [7, 11) is 4.05. The predicted octanol–water partition coefficient (Wildman–Crippen LogP) is 5.12. The molecule has 1 atom stereocenters. The van der Waals surface area contributed by atoms with Gasteiger partial charge in [-0.15, -0.1) is 0 Å². The van der Waals surface area contributed by atoms with Crippen molar-refractivity contribution < 1.29 is 9.53 Å². The average molecular weight is 442 g/mol. The van der Waals surface area contributed by atoms with Crippen molar-refractivity contribution in [2.45, 2.75) is 31.9 Å². The maximum atomic E-state index is 12.6. The van der Waals surface area contributed by atoms with Crippen LogP contribution >= 0.6 is 0 Å². The lowest BCUT2D eigenvalue weighted by Crippen LogP contribution is -2.43. The standard InChI is InChI=1S/C28H31N3O2/c1-28(27(29)32,16-14-21-8-5-4-6-9-21)31-17-15-23-19-25(12-13-26(23)31)33-20-22-10-7-11-24(18-22)30(2)3/h4-13,15,17-19H,14,16,20H2,1-3H3,(H2,29,32). The minimum absolute atomic E-state index is 0.336. The van der Waals surface area contributed by atoms with E-state index in [-0.39, 0.29) is 5.91 Å². The number of aryl methyl sites for hydroxylation is 1. The van der Waals surface area contributed by atoms with E-state index in [0.29, 0.717) is 13.0 Å². The van der Waals surface area contributed by atoms with Gasteiger partial charge in [0, 0.05) is 36.9 Å². The second-order valence-electron chi connectivity index (χ2n) is 8.88. The van der Waals surface area contributed by atoms with Gasteiger partial charge in [-0.1, -0.05) is 42.5 Å². The Balaban J connectivity index is 1.53. The summed E-state index contributed by atoms with van der Waals surface area (Å²) in [5.41, 5.74) is 9.49. The molecule has 0 saturated carbocycles. The maximum absolute atomic E-state index is 12.6. The highest BCUT2D eigenvalue weighted by atomic mass is 16.5. The molecule has 33 heavy (non-hydrogen) atoms. The van der Waals surface area contributed by atoms with E-state index in [1.165, 1.54) is 5.56 Å². The Morgan fingerprint density at radius 1 is 0.970 bits per heavy atom. The normalized spacial score (nSPS) is 12.9. The highest BCUT2D eigenvalue weighted by Gasteiger charge is 2.33. The number of fused-ring (bicyclic) bond motifs is 1. The summed E-state index contributed by atoms with van der Waals surface area (Å²) in [5, 5.41) is 1.02. The van der Waals surface area contributed by atoms with Crippen LogP contribution < -0.4 is 15.4 Å². The molecule has 4 aromatic rings. The largest absolute Gasteiger partial charge is 0.489 e. The lowest BCUT2D eigenvalue weighted by molar-refractivity contribution is -0.126. The molecule has 0 aliphatic heterocycles. The Morgan fingerprint density at radius 2 is 1.73 bits per heavy atom. The molecule has 3 aromatic carbocycles. The zero-order valence-corrected chi connectivity index (χ0v) is 19.5. The van der Waals surface area contributed by atoms with Crippen LogP contribution in [0.4, 0.5) is 5.69 Å². The van der Waals surface area contributed by atoms with Gasteiger partial charge in [0.05, 0.1) is 0 Å². The smallest absolute Gasteiger partial charge is 0.243 e. The van der Waals surface area contributed by atoms with E-state index in [4.69, 9.17) is 10.5 Å². The number of primary amides is 1. The fraction of sp³-hybridized carbons (Fsp3) is 0.250. The molecule has 5 heteroatoms. The van der Waals surface area contributed by atoms with Crippen LogP contribution in [0.5, 0.6) is 5.75 Å². The van der Waals surface area contributed by atoms with Crippen LogP contribution in [0.25, 0.3) is 10.9 Å². The molecule has 0 spiro atoms. The van der Waals surface area contributed by atoms with Crippen molar-refractivity contribution in [2.75, 3.05) is 19.0 Å². The first-order chi connectivity index (χ1) is 15.9. The molecule has 1 amide bonds. The second-order valence-corrected chi connectivity index (χ2v) is 8.88. The molecule has 0 aliphatic rings. The third kappa shape index (κ3) is 4.87. The molecule has 0 fully saturated rings. The number of ether oxygens (including phenoxy) is 1. The number of benzene rings is 3. The summed E-state index contributed by atoms with van der Waals surface area (Å²) in [5.74, 6) is 0.456. The fourth-order valence-corrected chi connectivity index (χ4v) is 4.13. The summed E-state index contributed by atoms with van der Waals surface area (Å²) < 4.78 is 8.06. The lowest BCUT2D eigenvalue weighted by atomic mass is 9.92. The number of hydrogen-bond acceptors (Lipinski definition) is 3. The number of amides is 1. The Kier molecular flexibility index (Phi) is 6.40. The zero-order valence-electron chi connectivity index (χ0n) is 19.5. The Morgan fingerprint density at radius 3 is 2.45 bits per heavy atom. The van der Waals surface area contributed by atoms with Crippen molar-refractivity contribution in [1.82, 2.24) is 4.57 Å². The van der Waals surface area contributed by atoms with Crippen LogP contribution in [-0.2, 0) is 23.4 Å². The molecule has 0 bridgehead atoms. The Hall–Kier alpha value is -3.73. The summed E-state index contributed by atoms with van der Waals surface area (Å²) in [4.78, 5) is 14.6. The van der Waals surface area contributed by atoms with Crippen LogP contribution in [0.3, 0.4) is 0 Å². The highest BCUT2D eigenvalue weighted by molar-refractivity contribution is 5.88. The lowest BCUT2D eigenvalue weighted by Gasteiger charge is -2.29. The number of anilines is 1. The Labute approximate surface area is 195 Å². The number of carbonyl (C=O) groups excluding carboxylic acids is 1. The fourth-order valence-electron chi connectivity index (χ4n) is 4.13. The minimum atomic E-state index is -0.827. The molecule has 0 radical (unpaired) electrons. The van der Waals surface area contributed by atoms with Gasteiger partial charge in [0.1, 0.15) is 17.9 Å². The predicted molar refractivity (Wildman–Crippen MR) is 135 cm³/mol. The van der Waals surface area contributed by atoms with Crippen molar-refractivity contribution in [3.63, 3.8) is 0 Å². The van der Waals surface area contributed by atoms with Gasteiger partial charge in [0.15, 0.2) is 0 Å². The third-order valence-corrected chi connectivity index (χ3v) is 6.30. The molecule has 4 rings (SSSR count). The quantitative estimate of drug-likeness (QED) is 0.392. The molecule has 1 aromatic heterocycles. The second kappa shape index (κ2) is 9.41. The van der Waals surface area contributed by atoms with E-state index >= 15 is 0 Å². The van der Waals surface area contributed by atoms with Crippen molar-refractivity contribution >= 4 is 22.5 Å². The van der Waals surface area contributed by atoms with Crippen molar-refractivity contribution in [3.8, 4) is 5.75 Å². The van der Waals surface area contributed by atoms with Gasteiger partial charge in [-0.25, -0.2) is 0 Å². The molecule has 2 N–H and O–H groups in total. The monoisotopic (exact) mass is 441 g/mol. The van der Waals surface area contributed by atoms with Crippen LogP contribution in [0, 0.1) is 0 Å². The van der Waals surface area contributed by atoms with Crippen molar-refractivity contribution in [2.24, 2.45) is 5.73 Å². The van der Waals surface area contributed by atoms with Crippen LogP contribution in [0.1, 0.15) is 24.5 Å². The first kappa shape index (κ1) is 22.5. The third-order valence-electron chi connectivity index (χ3n) is 6.30. The molecular weight excluding hydrogens is 410 g/mol. The van der Waals surface area contributed by atoms with E-state index in [1.54, 1.807) is 0 Å². The van der Waals surface area contributed by atoms with Gasteiger partial charge in [-0.2, -0.15) is 0 Å². The van der Waals surface area contributed by atoms with Crippen molar-refractivity contribution in [1.29, 1.82) is 0 Å². The molecule has 0 saturated heterocycles. The molecule has 0 aliphatic carbocycles. The number of carbonyl (C=O) groups is 1. The van der Waals surface area contributed by atoms with E-state index in [9.17, 15) is 4.79 Å². The number of nitrogens with zero attached hydrogens (tertiary/aromatic N) is 2. The van der Waals surface area contributed by atoms with Crippen LogP contribution in [-0.4, -0.2) is 24.6 Å². The summed E-state index contributed by atoms with van der Waals surface area (Å²) in [6.07, 6.45) is 3.34. The maximum Gasteiger partial charge on any atom is 0.243 e. The molecule has 5 nitrogen and oxygen atoms in total. The van der Waals surface area contributed by atoms with Gasteiger partial charge in [-0.3, -0.25) is 4.79 Å².